The number of aromatic nitrogens is 4. The van der Waals surface area contributed by atoms with Crippen LogP contribution in [-0.2, 0) is 44.8 Å². The van der Waals surface area contributed by atoms with Crippen LogP contribution in [0.4, 0.5) is 11.4 Å². The fraction of sp³-hybridized carbons (Fsp3) is 0.415. The number of nitrogens with one attached hydrogen (secondary N) is 2. The van der Waals surface area contributed by atoms with Gasteiger partial charge in [0.25, 0.3) is 11.8 Å². The number of rotatable bonds is 10. The van der Waals surface area contributed by atoms with Gasteiger partial charge in [0.2, 0.25) is 0 Å². The molecule has 3 aliphatic rings. The molecule has 0 spiro atoms. The fourth-order valence-electron chi connectivity index (χ4n) is 8.00. The summed E-state index contributed by atoms with van der Waals surface area (Å²) in [6, 6.07) is 13.0. The molecule has 0 saturated heterocycles. The summed E-state index contributed by atoms with van der Waals surface area (Å²) in [6.45, 7) is 8.19. The number of carboxylic acid groups (broad SMARTS) is 1. The second-order valence-corrected chi connectivity index (χ2v) is 15.3. The van der Waals surface area contributed by atoms with Crippen molar-refractivity contribution < 1.29 is 19.5 Å². The second kappa shape index (κ2) is 15.8. The van der Waals surface area contributed by atoms with Gasteiger partial charge < -0.3 is 24.9 Å². The first-order valence-electron chi connectivity index (χ1n) is 18.8. The van der Waals surface area contributed by atoms with Gasteiger partial charge in [-0.05, 0) is 51.7 Å². The lowest BCUT2D eigenvalue weighted by molar-refractivity contribution is -0.141. The third kappa shape index (κ3) is 7.67. The van der Waals surface area contributed by atoms with E-state index in [1.54, 1.807) is 36.4 Å². The molecular formula is C41H46ClN9O4. The van der Waals surface area contributed by atoms with Crippen molar-refractivity contribution >= 4 is 40.8 Å². The summed E-state index contributed by atoms with van der Waals surface area (Å²) < 4.78 is 3.68. The van der Waals surface area contributed by atoms with Crippen molar-refractivity contribution in [2.75, 3.05) is 30.3 Å². The summed E-state index contributed by atoms with van der Waals surface area (Å²) in [7, 11) is 3.69. The third-order valence-electron chi connectivity index (χ3n) is 11.3. The minimum absolute atomic E-state index is 0.233. The number of benzene rings is 2. The molecule has 2 aliphatic heterocycles. The maximum atomic E-state index is 13.7. The lowest BCUT2D eigenvalue weighted by Crippen LogP contribution is -2.36. The van der Waals surface area contributed by atoms with Crippen molar-refractivity contribution in [3.05, 3.63) is 93.1 Å². The molecule has 7 rings (SSSR count). The molecule has 14 heteroatoms. The highest BCUT2D eigenvalue weighted by molar-refractivity contribution is 6.36. The summed E-state index contributed by atoms with van der Waals surface area (Å²) in [6.07, 6.45) is 6.64. The van der Waals surface area contributed by atoms with E-state index in [1.807, 2.05) is 23.2 Å². The molecule has 3 N–H and O–H groups in total. The fourth-order valence-corrected chi connectivity index (χ4v) is 8.28. The molecule has 0 radical (unpaired) electrons. The molecule has 4 heterocycles. The topological polar surface area (TPSA) is 161 Å². The number of carbonyl (C=O) groups is 3. The molecule has 0 fully saturated rings. The molecule has 13 nitrogen and oxygen atoms in total. The molecule has 286 valence electrons. The van der Waals surface area contributed by atoms with E-state index in [2.05, 4.69) is 46.4 Å². The minimum atomic E-state index is -0.720. The molecule has 0 unspecified atom stereocenters. The Bertz CT molecular complexity index is 2250. The summed E-state index contributed by atoms with van der Waals surface area (Å²) in [5, 5.41) is 25.7. The van der Waals surface area contributed by atoms with Gasteiger partial charge in [-0.25, -0.2) is 9.97 Å². The Kier molecular flexibility index (Phi) is 10.9. The van der Waals surface area contributed by atoms with E-state index in [-0.39, 0.29) is 28.2 Å². The van der Waals surface area contributed by atoms with E-state index < -0.39 is 17.8 Å². The van der Waals surface area contributed by atoms with Gasteiger partial charge in [-0.3, -0.25) is 24.2 Å². The van der Waals surface area contributed by atoms with Crippen molar-refractivity contribution in [3.63, 3.8) is 0 Å². The second-order valence-electron chi connectivity index (χ2n) is 15.0. The van der Waals surface area contributed by atoms with Crippen LogP contribution in [0.25, 0.3) is 11.1 Å². The van der Waals surface area contributed by atoms with Crippen molar-refractivity contribution in [1.82, 2.24) is 28.9 Å². The average Bonchev–Trinajstić information content (AvgIpc) is 3.70. The maximum Gasteiger partial charge on any atom is 0.306 e. The monoisotopic (exact) mass is 763 g/mol. The Labute approximate surface area is 325 Å². The van der Waals surface area contributed by atoms with Crippen LogP contribution in [0.1, 0.15) is 89.1 Å². The van der Waals surface area contributed by atoms with E-state index in [1.165, 1.54) is 5.57 Å². The first-order valence-corrected chi connectivity index (χ1v) is 19.2. The van der Waals surface area contributed by atoms with Gasteiger partial charge in [-0.2, -0.15) is 5.26 Å². The van der Waals surface area contributed by atoms with E-state index >= 15 is 0 Å². The number of carbonyl (C=O) groups excluding carboxylic acids is 2. The highest BCUT2D eigenvalue weighted by Crippen LogP contribution is 2.38. The van der Waals surface area contributed by atoms with Crippen molar-refractivity contribution in [2.45, 2.75) is 71.5 Å². The molecule has 2 amide bonds. The molecule has 2 aromatic carbocycles. The van der Waals surface area contributed by atoms with Gasteiger partial charge in [-0.1, -0.05) is 47.5 Å². The number of allylic oxidation sites excluding steroid dienone is 1. The number of nitriles is 1. The highest BCUT2D eigenvalue weighted by Gasteiger charge is 2.29. The highest BCUT2D eigenvalue weighted by atomic mass is 35.5. The Morgan fingerprint density at radius 2 is 1.53 bits per heavy atom. The van der Waals surface area contributed by atoms with E-state index in [4.69, 9.17) is 21.6 Å². The van der Waals surface area contributed by atoms with Crippen molar-refractivity contribution in [2.24, 2.45) is 20.0 Å². The Hall–Kier alpha value is -5.29. The molecule has 1 aliphatic carbocycles. The zero-order valence-corrected chi connectivity index (χ0v) is 32.4. The SMILES string of the molecule is CC(C)N1CCc2c(nc(C(=O)Nc3cccc(-c4cccc(NC(=O)c5nc6c(n5C)CCN(CCC5=CC[C@@H](C(=O)O)CC5)C6)c4Cl)c3C#N)n2C)C1. The third-order valence-corrected chi connectivity index (χ3v) is 11.7. The summed E-state index contributed by atoms with van der Waals surface area (Å²) in [5.41, 5.74) is 7.08. The van der Waals surface area contributed by atoms with Gasteiger partial charge in [0, 0.05) is 88.2 Å². The van der Waals surface area contributed by atoms with Gasteiger partial charge in [0.05, 0.1) is 39.3 Å². The van der Waals surface area contributed by atoms with Crippen LogP contribution in [0.15, 0.2) is 48.0 Å². The van der Waals surface area contributed by atoms with Crippen molar-refractivity contribution in [3.8, 4) is 17.2 Å². The summed E-state index contributed by atoms with van der Waals surface area (Å²) >= 11 is 6.96. The quantitative estimate of drug-likeness (QED) is 0.160. The van der Waals surface area contributed by atoms with E-state index in [0.717, 1.165) is 68.1 Å². The number of fused-ring (bicyclic) bond motifs is 2. The van der Waals surface area contributed by atoms with Crippen LogP contribution in [-0.4, -0.2) is 77.5 Å². The number of imidazole rings is 2. The molecule has 0 saturated carbocycles. The standard InChI is InChI=1S/C41H46ClN9O4/c1-24(2)51-20-17-35-33(23-51)45-37(49(35)4)39(52)46-30-9-5-7-27(29(30)21-43)28-8-6-10-31(36(28)42)47-40(53)38-44-32-22-50(19-16-34(32)48(38)3)18-15-25-11-13-26(14-12-25)41(54)55/h5-11,24,26H,12-20,22-23H2,1-4H3,(H,46,52)(H,47,53)(H,54,55)/t26-/m1/s1. The van der Waals surface area contributed by atoms with Crippen LogP contribution in [0, 0.1) is 17.2 Å². The molecule has 55 heavy (non-hydrogen) atoms. The predicted octanol–water partition coefficient (Wildman–Crippen LogP) is 6.18. The number of halogens is 1. The predicted molar refractivity (Wildman–Crippen MR) is 210 cm³/mol. The number of carboxylic acids is 1. The zero-order chi connectivity index (χ0) is 39.0. The van der Waals surface area contributed by atoms with E-state index in [9.17, 15) is 24.8 Å². The lowest BCUT2D eigenvalue weighted by atomic mass is 9.88. The number of amides is 2. The van der Waals surface area contributed by atoms with Crippen LogP contribution in [0.5, 0.6) is 0 Å². The normalized spacial score (nSPS) is 17.3. The van der Waals surface area contributed by atoms with Gasteiger partial charge >= 0.3 is 5.97 Å². The van der Waals surface area contributed by atoms with E-state index in [0.29, 0.717) is 54.5 Å². The smallest absolute Gasteiger partial charge is 0.306 e. The summed E-state index contributed by atoms with van der Waals surface area (Å²) in [5.74, 6) is -1.25. The molecule has 0 bridgehead atoms. The molecule has 4 aromatic rings. The number of hydrogen-bond acceptors (Lipinski definition) is 8. The summed E-state index contributed by atoms with van der Waals surface area (Å²) in [4.78, 5) is 52.7. The Morgan fingerprint density at radius 1 is 0.909 bits per heavy atom. The van der Waals surface area contributed by atoms with Gasteiger partial charge in [0.15, 0.2) is 11.6 Å². The van der Waals surface area contributed by atoms with Crippen LogP contribution >= 0.6 is 11.6 Å². The number of nitrogens with zero attached hydrogens (tertiary/aromatic N) is 7. The van der Waals surface area contributed by atoms with Crippen LogP contribution in [0.2, 0.25) is 5.02 Å². The van der Waals surface area contributed by atoms with Gasteiger partial charge in [0.1, 0.15) is 6.07 Å². The Morgan fingerprint density at radius 3 is 2.15 bits per heavy atom. The number of aliphatic carboxylic acids is 1. The van der Waals surface area contributed by atoms with Crippen molar-refractivity contribution in [1.29, 1.82) is 5.26 Å². The van der Waals surface area contributed by atoms with Gasteiger partial charge in [-0.15, -0.1) is 0 Å². The molecule has 2 aromatic heterocycles. The number of anilines is 2. The molecular weight excluding hydrogens is 718 g/mol. The minimum Gasteiger partial charge on any atom is -0.481 e. The van der Waals surface area contributed by atoms with Crippen LogP contribution in [0.3, 0.4) is 0 Å². The van der Waals surface area contributed by atoms with Crippen LogP contribution < -0.4 is 10.6 Å². The first kappa shape index (κ1) is 38.0. The average molecular weight is 764 g/mol. The number of hydrogen-bond donors (Lipinski definition) is 3. The lowest BCUT2D eigenvalue weighted by Gasteiger charge is -2.29. The maximum absolute atomic E-state index is 13.7. The largest absolute Gasteiger partial charge is 0.481 e. The molecule has 1 atom stereocenters. The Balaban J connectivity index is 1.05. The zero-order valence-electron chi connectivity index (χ0n) is 31.7. The first-order chi connectivity index (χ1) is 26.4.